The van der Waals surface area contributed by atoms with Gasteiger partial charge in [-0.1, -0.05) is 18.2 Å². The van der Waals surface area contributed by atoms with Gasteiger partial charge in [0.1, 0.15) is 5.71 Å². The molecule has 3 heterocycles. The highest BCUT2D eigenvalue weighted by molar-refractivity contribution is 7.91. The highest BCUT2D eigenvalue weighted by Gasteiger charge is 2.38. The van der Waals surface area contributed by atoms with Crippen molar-refractivity contribution < 1.29 is 27.5 Å². The van der Waals surface area contributed by atoms with Crippen LogP contribution in [0.1, 0.15) is 36.5 Å². The number of H-pyrrole nitrogens is 1. The Labute approximate surface area is 173 Å². The van der Waals surface area contributed by atoms with Crippen LogP contribution >= 0.6 is 0 Å². The highest BCUT2D eigenvalue weighted by Crippen LogP contribution is 2.23. The van der Waals surface area contributed by atoms with E-state index in [1.54, 1.807) is 12.3 Å². The first kappa shape index (κ1) is 20.3. The molecule has 1 amide bonds. The molecule has 9 nitrogen and oxygen atoms in total. The predicted octanol–water partition coefficient (Wildman–Crippen LogP) is 1.45. The third kappa shape index (κ3) is 3.87. The molecule has 4 rings (SSSR count). The molecule has 2 aliphatic rings. The zero-order valence-corrected chi connectivity index (χ0v) is 17.1. The maximum atomic E-state index is 12.8. The highest BCUT2D eigenvalue weighted by atomic mass is 32.2. The average molecular weight is 431 g/mol. The van der Waals surface area contributed by atoms with Gasteiger partial charge in [0.25, 0.3) is 0 Å². The fourth-order valence-corrected chi connectivity index (χ4v) is 5.44. The van der Waals surface area contributed by atoms with Crippen LogP contribution in [0.4, 0.5) is 0 Å². The fourth-order valence-electron chi connectivity index (χ4n) is 3.75. The molecule has 1 N–H and O–H groups in total. The summed E-state index contributed by atoms with van der Waals surface area (Å²) >= 11 is 0. The van der Waals surface area contributed by atoms with Crippen LogP contribution in [0.5, 0.6) is 0 Å². The van der Waals surface area contributed by atoms with Crippen molar-refractivity contribution in [1.82, 2.24) is 9.99 Å². The van der Waals surface area contributed by atoms with Crippen molar-refractivity contribution in [1.29, 1.82) is 0 Å². The van der Waals surface area contributed by atoms with Gasteiger partial charge in [0.05, 0.1) is 17.5 Å². The number of ketones is 1. The maximum absolute atomic E-state index is 12.8. The number of carbonyl (C=O) groups is 3. The third-order valence-electron chi connectivity index (χ3n) is 5.36. The lowest BCUT2D eigenvalue weighted by Gasteiger charge is -2.27. The predicted molar refractivity (Wildman–Crippen MR) is 109 cm³/mol. The number of hydrogen-bond acceptors (Lipinski definition) is 7. The van der Waals surface area contributed by atoms with E-state index in [0.29, 0.717) is 5.56 Å². The Morgan fingerprint density at radius 2 is 2.03 bits per heavy atom. The van der Waals surface area contributed by atoms with Gasteiger partial charge in [0.2, 0.25) is 11.7 Å². The van der Waals surface area contributed by atoms with E-state index in [4.69, 9.17) is 4.74 Å². The SMILES string of the molecule is CC(OC(=O)C1=NN(C2CCS(=O)(=O)C2)C(=O)CC1)C(=O)c1c[nH]c2ccccc12. The standard InChI is InChI=1S/C20H21N3O6S/c1-12(19(25)15-10-21-16-5-3-2-4-14(15)16)29-20(26)17-6-7-18(24)23(22-17)13-8-9-30(27,28)11-13/h2-5,10,12-13,21H,6-9,11H2,1H3. The lowest BCUT2D eigenvalue weighted by molar-refractivity contribution is -0.139. The van der Waals surface area contributed by atoms with Crippen molar-refractivity contribution in [3.05, 3.63) is 36.0 Å². The molecule has 2 unspecified atom stereocenters. The first-order valence-corrected chi connectivity index (χ1v) is 11.5. The number of carbonyl (C=O) groups excluding carboxylic acids is 3. The number of fused-ring (bicyclic) bond motifs is 1. The fraction of sp³-hybridized carbons (Fsp3) is 0.400. The first-order valence-electron chi connectivity index (χ1n) is 9.66. The topological polar surface area (TPSA) is 126 Å². The molecule has 0 spiro atoms. The van der Waals surface area contributed by atoms with Crippen molar-refractivity contribution in [2.24, 2.45) is 5.10 Å². The summed E-state index contributed by atoms with van der Waals surface area (Å²) in [6.45, 7) is 1.48. The second-order valence-corrected chi connectivity index (χ2v) is 9.73. The number of Topliss-reactive ketones (excluding diaryl/α,β-unsaturated/α-hetero) is 1. The van der Waals surface area contributed by atoms with Crippen LogP contribution in [0.2, 0.25) is 0 Å². The zero-order valence-electron chi connectivity index (χ0n) is 16.3. The molecule has 1 saturated heterocycles. The number of esters is 1. The van der Waals surface area contributed by atoms with Crippen molar-refractivity contribution in [2.45, 2.75) is 38.3 Å². The largest absolute Gasteiger partial charge is 0.450 e. The number of rotatable bonds is 5. The summed E-state index contributed by atoms with van der Waals surface area (Å²) in [7, 11) is -3.21. The molecular weight excluding hydrogens is 410 g/mol. The molecular formula is C20H21N3O6S. The van der Waals surface area contributed by atoms with Gasteiger partial charge >= 0.3 is 5.97 Å². The molecule has 158 valence electrons. The van der Waals surface area contributed by atoms with E-state index in [9.17, 15) is 22.8 Å². The van der Waals surface area contributed by atoms with E-state index in [1.165, 1.54) is 6.92 Å². The second-order valence-electron chi connectivity index (χ2n) is 7.50. The number of aromatic nitrogens is 1. The number of benzene rings is 1. The molecule has 10 heteroatoms. The summed E-state index contributed by atoms with van der Waals surface area (Å²) in [5, 5.41) is 5.91. The minimum absolute atomic E-state index is 0.00704. The molecule has 2 aromatic rings. The van der Waals surface area contributed by atoms with E-state index < -0.39 is 28.0 Å². The minimum Gasteiger partial charge on any atom is -0.450 e. The molecule has 1 fully saturated rings. The lowest BCUT2D eigenvalue weighted by Crippen LogP contribution is -2.42. The molecule has 0 aliphatic carbocycles. The van der Waals surface area contributed by atoms with Gasteiger partial charge in [-0.2, -0.15) is 5.10 Å². The molecule has 2 aliphatic heterocycles. The molecule has 0 saturated carbocycles. The van der Waals surface area contributed by atoms with Crippen LogP contribution in [-0.4, -0.2) is 65.4 Å². The summed E-state index contributed by atoms with van der Waals surface area (Å²) in [5.41, 5.74) is 1.23. The van der Waals surface area contributed by atoms with Crippen molar-refractivity contribution in [3.63, 3.8) is 0 Å². The normalized spacial score (nSPS) is 22.0. The van der Waals surface area contributed by atoms with E-state index in [2.05, 4.69) is 10.1 Å². The van der Waals surface area contributed by atoms with Crippen molar-refractivity contribution in [2.75, 3.05) is 11.5 Å². The molecule has 1 aromatic carbocycles. The number of aromatic amines is 1. The summed E-state index contributed by atoms with van der Waals surface area (Å²) in [6, 6.07) is 6.73. The van der Waals surface area contributed by atoms with Crippen molar-refractivity contribution >= 4 is 44.1 Å². The Morgan fingerprint density at radius 1 is 1.27 bits per heavy atom. The van der Waals surface area contributed by atoms with Crippen LogP contribution in [0.3, 0.4) is 0 Å². The third-order valence-corrected chi connectivity index (χ3v) is 7.11. The number of nitrogens with zero attached hydrogens (tertiary/aromatic N) is 2. The monoisotopic (exact) mass is 431 g/mol. The van der Waals surface area contributed by atoms with Crippen LogP contribution < -0.4 is 0 Å². The van der Waals surface area contributed by atoms with Crippen LogP contribution in [0.25, 0.3) is 10.9 Å². The number of hydrogen-bond donors (Lipinski definition) is 1. The second kappa shape index (κ2) is 7.67. The lowest BCUT2D eigenvalue weighted by atomic mass is 10.1. The summed E-state index contributed by atoms with van der Waals surface area (Å²) in [6.07, 6.45) is 0.945. The van der Waals surface area contributed by atoms with Crippen LogP contribution in [-0.2, 0) is 24.2 Å². The van der Waals surface area contributed by atoms with Gasteiger partial charge in [-0.05, 0) is 19.4 Å². The zero-order chi connectivity index (χ0) is 21.5. The Kier molecular flexibility index (Phi) is 5.19. The number of para-hydroxylation sites is 1. The number of ether oxygens (including phenoxy) is 1. The van der Waals surface area contributed by atoms with Gasteiger partial charge in [-0.15, -0.1) is 0 Å². The van der Waals surface area contributed by atoms with E-state index in [0.717, 1.165) is 15.9 Å². The molecule has 0 radical (unpaired) electrons. The Bertz CT molecular complexity index is 1170. The molecule has 1 aromatic heterocycles. The van der Waals surface area contributed by atoms with Gasteiger partial charge < -0.3 is 9.72 Å². The van der Waals surface area contributed by atoms with Crippen LogP contribution in [0, 0.1) is 0 Å². The van der Waals surface area contributed by atoms with Crippen molar-refractivity contribution in [3.8, 4) is 0 Å². The van der Waals surface area contributed by atoms with E-state index >= 15 is 0 Å². The molecule has 0 bridgehead atoms. The maximum Gasteiger partial charge on any atom is 0.355 e. The van der Waals surface area contributed by atoms with E-state index in [1.807, 2.05) is 18.2 Å². The van der Waals surface area contributed by atoms with Gasteiger partial charge in [0, 0.05) is 35.5 Å². The number of amides is 1. The van der Waals surface area contributed by atoms with E-state index in [-0.39, 0.29) is 48.2 Å². The number of sulfone groups is 1. The smallest absolute Gasteiger partial charge is 0.355 e. The number of hydrazone groups is 1. The van der Waals surface area contributed by atoms with Crippen LogP contribution in [0.15, 0.2) is 35.6 Å². The summed E-state index contributed by atoms with van der Waals surface area (Å²) in [4.78, 5) is 40.5. The number of nitrogens with one attached hydrogen (secondary N) is 1. The molecule has 30 heavy (non-hydrogen) atoms. The van der Waals surface area contributed by atoms with Gasteiger partial charge in [0.15, 0.2) is 15.9 Å². The molecule has 2 atom stereocenters. The average Bonchev–Trinajstić information content (AvgIpc) is 3.30. The Hall–Kier alpha value is -3.01. The minimum atomic E-state index is -3.21. The summed E-state index contributed by atoms with van der Waals surface area (Å²) in [5.74, 6) is -1.63. The van der Waals surface area contributed by atoms with Gasteiger partial charge in [-0.3, -0.25) is 9.59 Å². The first-order chi connectivity index (χ1) is 14.2. The van der Waals surface area contributed by atoms with Gasteiger partial charge in [-0.25, -0.2) is 18.2 Å². The Morgan fingerprint density at radius 3 is 2.77 bits per heavy atom. The Balaban J connectivity index is 1.48. The quantitative estimate of drug-likeness (QED) is 0.564. The summed E-state index contributed by atoms with van der Waals surface area (Å²) < 4.78 is 28.7.